The molecule has 2 aromatic heterocycles. The van der Waals surface area contributed by atoms with E-state index in [1.807, 2.05) is 26.0 Å². The van der Waals surface area contributed by atoms with E-state index in [4.69, 9.17) is 11.6 Å². The van der Waals surface area contributed by atoms with Crippen LogP contribution in [0.15, 0.2) is 29.3 Å². The summed E-state index contributed by atoms with van der Waals surface area (Å²) >= 11 is 6.03. The summed E-state index contributed by atoms with van der Waals surface area (Å²) in [5.74, 6) is 0. The first-order chi connectivity index (χ1) is 9.13. The van der Waals surface area contributed by atoms with Crippen molar-refractivity contribution in [2.24, 2.45) is 0 Å². The molecule has 19 heavy (non-hydrogen) atoms. The van der Waals surface area contributed by atoms with Gasteiger partial charge in [-0.3, -0.25) is 9.78 Å². The van der Waals surface area contributed by atoms with Crippen molar-refractivity contribution in [2.75, 3.05) is 5.32 Å². The minimum atomic E-state index is -0.285. The van der Waals surface area contributed by atoms with Gasteiger partial charge in [0.05, 0.1) is 24.1 Å². The normalized spacial score (nSPS) is 10.5. The highest BCUT2D eigenvalue weighted by Crippen LogP contribution is 2.16. The fraction of sp³-hybridized carbons (Fsp3) is 0.308. The Labute approximate surface area is 116 Å². The topological polar surface area (TPSA) is 59.8 Å². The van der Waals surface area contributed by atoms with Crippen molar-refractivity contribution in [3.8, 4) is 0 Å². The van der Waals surface area contributed by atoms with Gasteiger partial charge in [-0.1, -0.05) is 17.7 Å². The third-order valence-electron chi connectivity index (χ3n) is 2.85. The lowest BCUT2D eigenvalue weighted by molar-refractivity contribution is 0.616. The number of nitrogens with zero attached hydrogens (tertiary/aromatic N) is 3. The molecule has 0 spiro atoms. The number of aryl methyl sites for hydroxylation is 2. The van der Waals surface area contributed by atoms with Gasteiger partial charge in [0.25, 0.3) is 5.56 Å². The minimum Gasteiger partial charge on any atom is -0.377 e. The maximum Gasteiger partial charge on any atom is 0.287 e. The SMILES string of the molecule is CCn1ncc(NCc2ncccc2C)c(Cl)c1=O. The quantitative estimate of drug-likeness (QED) is 0.932. The molecule has 100 valence electrons. The zero-order valence-corrected chi connectivity index (χ0v) is 11.6. The van der Waals surface area contributed by atoms with E-state index >= 15 is 0 Å². The molecular formula is C13H15ClN4O. The van der Waals surface area contributed by atoms with E-state index in [1.165, 1.54) is 4.68 Å². The molecule has 6 heteroatoms. The molecular weight excluding hydrogens is 264 g/mol. The largest absolute Gasteiger partial charge is 0.377 e. The lowest BCUT2D eigenvalue weighted by Crippen LogP contribution is -2.23. The summed E-state index contributed by atoms with van der Waals surface area (Å²) in [6.45, 7) is 4.83. The Kier molecular flexibility index (Phi) is 4.16. The van der Waals surface area contributed by atoms with Crippen LogP contribution >= 0.6 is 11.6 Å². The number of hydrogen-bond donors (Lipinski definition) is 1. The monoisotopic (exact) mass is 278 g/mol. The van der Waals surface area contributed by atoms with Crippen molar-refractivity contribution in [3.63, 3.8) is 0 Å². The fourth-order valence-corrected chi connectivity index (χ4v) is 1.91. The third-order valence-corrected chi connectivity index (χ3v) is 3.21. The highest BCUT2D eigenvalue weighted by atomic mass is 35.5. The molecule has 0 bridgehead atoms. The summed E-state index contributed by atoms with van der Waals surface area (Å²) in [7, 11) is 0. The molecule has 0 atom stereocenters. The van der Waals surface area contributed by atoms with E-state index in [2.05, 4.69) is 15.4 Å². The standard InChI is InChI=1S/C13H15ClN4O/c1-3-18-13(19)12(14)11(8-17-18)16-7-10-9(2)5-4-6-15-10/h4-6,8,16H,3,7H2,1-2H3. The van der Waals surface area contributed by atoms with Gasteiger partial charge in [0.15, 0.2) is 0 Å². The molecule has 5 nitrogen and oxygen atoms in total. The molecule has 0 amide bonds. The summed E-state index contributed by atoms with van der Waals surface area (Å²) < 4.78 is 1.32. The maximum absolute atomic E-state index is 11.8. The Balaban J connectivity index is 2.19. The van der Waals surface area contributed by atoms with Crippen LogP contribution in [0.3, 0.4) is 0 Å². The molecule has 2 heterocycles. The van der Waals surface area contributed by atoms with E-state index in [-0.39, 0.29) is 10.6 Å². The molecule has 0 aliphatic carbocycles. The van der Waals surface area contributed by atoms with Crippen LogP contribution in [0.5, 0.6) is 0 Å². The predicted octanol–water partition coefficient (Wildman–Crippen LogP) is 2.23. The van der Waals surface area contributed by atoms with E-state index in [0.29, 0.717) is 18.8 Å². The smallest absolute Gasteiger partial charge is 0.287 e. The summed E-state index contributed by atoms with van der Waals surface area (Å²) in [6.07, 6.45) is 3.30. The fourth-order valence-electron chi connectivity index (χ4n) is 1.70. The number of nitrogens with one attached hydrogen (secondary N) is 1. The molecule has 0 unspecified atom stereocenters. The molecule has 1 N–H and O–H groups in total. The van der Waals surface area contributed by atoms with Crippen LogP contribution in [-0.4, -0.2) is 14.8 Å². The zero-order chi connectivity index (χ0) is 13.8. The first kappa shape index (κ1) is 13.5. The Morgan fingerprint density at radius 1 is 1.47 bits per heavy atom. The summed E-state index contributed by atoms with van der Waals surface area (Å²) in [5, 5.41) is 7.28. The van der Waals surface area contributed by atoms with Gasteiger partial charge in [0.1, 0.15) is 5.02 Å². The van der Waals surface area contributed by atoms with Gasteiger partial charge >= 0.3 is 0 Å². The number of aromatic nitrogens is 3. The molecule has 0 fully saturated rings. The lowest BCUT2D eigenvalue weighted by Gasteiger charge is -2.10. The molecule has 0 aliphatic rings. The Morgan fingerprint density at radius 3 is 2.95 bits per heavy atom. The van der Waals surface area contributed by atoms with Crippen molar-refractivity contribution in [3.05, 3.63) is 51.2 Å². The van der Waals surface area contributed by atoms with Crippen LogP contribution in [0.4, 0.5) is 5.69 Å². The summed E-state index contributed by atoms with van der Waals surface area (Å²) in [6, 6.07) is 3.87. The predicted molar refractivity (Wildman–Crippen MR) is 75.5 cm³/mol. The van der Waals surface area contributed by atoms with Crippen LogP contribution in [0, 0.1) is 6.92 Å². The van der Waals surface area contributed by atoms with E-state index < -0.39 is 0 Å². The Hall–Kier alpha value is -1.88. The molecule has 0 saturated carbocycles. The van der Waals surface area contributed by atoms with Crippen LogP contribution in [0.1, 0.15) is 18.2 Å². The van der Waals surface area contributed by atoms with Gasteiger partial charge in [-0.2, -0.15) is 5.10 Å². The van der Waals surface area contributed by atoms with E-state index in [0.717, 1.165) is 11.3 Å². The van der Waals surface area contributed by atoms with Crippen LogP contribution < -0.4 is 10.9 Å². The van der Waals surface area contributed by atoms with Gasteiger partial charge in [-0.15, -0.1) is 0 Å². The summed E-state index contributed by atoms with van der Waals surface area (Å²) in [5.41, 5.74) is 2.24. The van der Waals surface area contributed by atoms with Gasteiger partial charge in [-0.25, -0.2) is 4.68 Å². The Bertz CT molecular complexity index is 639. The second-order valence-electron chi connectivity index (χ2n) is 4.11. The second kappa shape index (κ2) is 5.84. The van der Waals surface area contributed by atoms with Crippen molar-refractivity contribution in [2.45, 2.75) is 26.9 Å². The molecule has 0 aromatic carbocycles. The van der Waals surface area contributed by atoms with Crippen LogP contribution in [0.25, 0.3) is 0 Å². The molecule has 0 aliphatic heterocycles. The third kappa shape index (κ3) is 2.93. The number of anilines is 1. The maximum atomic E-state index is 11.8. The van der Waals surface area contributed by atoms with E-state index in [1.54, 1.807) is 12.4 Å². The van der Waals surface area contributed by atoms with Gasteiger partial charge in [0.2, 0.25) is 0 Å². The Morgan fingerprint density at radius 2 is 2.26 bits per heavy atom. The number of rotatable bonds is 4. The van der Waals surface area contributed by atoms with Crippen molar-refractivity contribution >= 4 is 17.3 Å². The lowest BCUT2D eigenvalue weighted by atomic mass is 10.2. The molecule has 2 aromatic rings. The van der Waals surface area contributed by atoms with Gasteiger partial charge < -0.3 is 5.32 Å². The first-order valence-electron chi connectivity index (χ1n) is 6.03. The highest BCUT2D eigenvalue weighted by Gasteiger charge is 2.08. The average molecular weight is 279 g/mol. The van der Waals surface area contributed by atoms with E-state index in [9.17, 15) is 4.79 Å². The summed E-state index contributed by atoms with van der Waals surface area (Å²) in [4.78, 5) is 16.1. The molecule has 2 rings (SSSR count). The minimum absolute atomic E-state index is 0.158. The van der Waals surface area contributed by atoms with Crippen molar-refractivity contribution in [1.82, 2.24) is 14.8 Å². The van der Waals surface area contributed by atoms with Gasteiger partial charge in [-0.05, 0) is 25.5 Å². The van der Waals surface area contributed by atoms with Crippen LogP contribution in [-0.2, 0) is 13.1 Å². The average Bonchev–Trinajstić information content (AvgIpc) is 2.42. The zero-order valence-electron chi connectivity index (χ0n) is 10.9. The number of pyridine rings is 1. The molecule has 0 saturated heterocycles. The number of hydrogen-bond acceptors (Lipinski definition) is 4. The van der Waals surface area contributed by atoms with Crippen molar-refractivity contribution in [1.29, 1.82) is 0 Å². The first-order valence-corrected chi connectivity index (χ1v) is 6.41. The van der Waals surface area contributed by atoms with Crippen LogP contribution in [0.2, 0.25) is 5.02 Å². The second-order valence-corrected chi connectivity index (χ2v) is 4.49. The van der Waals surface area contributed by atoms with Gasteiger partial charge in [0, 0.05) is 12.7 Å². The number of halogens is 1. The van der Waals surface area contributed by atoms with Crippen molar-refractivity contribution < 1.29 is 0 Å². The molecule has 0 radical (unpaired) electrons. The highest BCUT2D eigenvalue weighted by molar-refractivity contribution is 6.32.